The summed E-state index contributed by atoms with van der Waals surface area (Å²) in [5, 5.41) is 2.96. The minimum atomic E-state index is -0.248. The highest BCUT2D eigenvalue weighted by Gasteiger charge is 2.25. The third-order valence-electron chi connectivity index (χ3n) is 4.95. The Morgan fingerprint density at radius 1 is 1.07 bits per heavy atom. The molecule has 1 aliphatic heterocycles. The average molecular weight is 403 g/mol. The van der Waals surface area contributed by atoms with Gasteiger partial charge in [-0.25, -0.2) is 0 Å². The second-order valence-corrected chi connectivity index (χ2v) is 8.93. The molecule has 1 N–H and O–H groups in total. The van der Waals surface area contributed by atoms with Crippen molar-refractivity contribution in [2.45, 2.75) is 40.2 Å². The van der Waals surface area contributed by atoms with Crippen molar-refractivity contribution in [3.8, 4) is 0 Å². The molecule has 3 amide bonds. The van der Waals surface area contributed by atoms with Crippen LogP contribution in [0.4, 0.5) is 0 Å². The quantitative estimate of drug-likeness (QED) is 0.809. The Morgan fingerprint density at radius 2 is 1.69 bits per heavy atom. The molecule has 1 aromatic carbocycles. The second kappa shape index (κ2) is 9.39. The number of nitrogens with one attached hydrogen (secondary N) is 1. The lowest BCUT2D eigenvalue weighted by Gasteiger charge is -2.35. The van der Waals surface area contributed by atoms with Gasteiger partial charge in [-0.3, -0.25) is 19.3 Å². The fourth-order valence-corrected chi connectivity index (χ4v) is 3.36. The predicted octanol–water partition coefficient (Wildman–Crippen LogP) is 1.43. The van der Waals surface area contributed by atoms with Crippen molar-refractivity contribution in [3.05, 3.63) is 34.9 Å². The highest BCUT2D eigenvalue weighted by molar-refractivity contribution is 5.97. The van der Waals surface area contributed by atoms with Gasteiger partial charge in [-0.15, -0.1) is 0 Å². The molecule has 0 bridgehead atoms. The summed E-state index contributed by atoms with van der Waals surface area (Å²) in [6.45, 7) is 12.5. The summed E-state index contributed by atoms with van der Waals surface area (Å²) in [6.07, 6.45) is 0. The van der Waals surface area contributed by atoms with E-state index in [1.54, 1.807) is 11.9 Å². The second-order valence-electron chi connectivity index (χ2n) is 8.93. The molecule has 0 atom stereocenters. The van der Waals surface area contributed by atoms with Gasteiger partial charge in [0.25, 0.3) is 5.91 Å². The number of likely N-dealkylation sites (N-methyl/N-ethyl adjacent to an activating group) is 1. The fourth-order valence-electron chi connectivity index (χ4n) is 3.36. The van der Waals surface area contributed by atoms with E-state index in [4.69, 9.17) is 0 Å². The summed E-state index contributed by atoms with van der Waals surface area (Å²) in [6, 6.07) is 5.76. The van der Waals surface area contributed by atoms with Crippen LogP contribution in [0, 0.1) is 13.8 Å². The molecule has 7 nitrogen and oxygen atoms in total. The Hall–Kier alpha value is -2.41. The monoisotopic (exact) mass is 402 g/mol. The first-order chi connectivity index (χ1) is 13.5. The van der Waals surface area contributed by atoms with Gasteiger partial charge in [0.2, 0.25) is 11.8 Å². The summed E-state index contributed by atoms with van der Waals surface area (Å²) in [5.41, 5.74) is 2.31. The Morgan fingerprint density at radius 3 is 2.28 bits per heavy atom. The number of amides is 3. The van der Waals surface area contributed by atoms with Gasteiger partial charge in [-0.1, -0.05) is 17.7 Å². The van der Waals surface area contributed by atoms with E-state index >= 15 is 0 Å². The molecule has 1 aliphatic rings. The zero-order valence-corrected chi connectivity index (χ0v) is 18.5. The molecule has 29 heavy (non-hydrogen) atoms. The maximum absolute atomic E-state index is 12.7. The molecular weight excluding hydrogens is 368 g/mol. The molecule has 0 aromatic heterocycles. The number of rotatable bonds is 5. The molecule has 0 unspecified atom stereocenters. The molecule has 0 spiro atoms. The molecule has 160 valence electrons. The van der Waals surface area contributed by atoms with Crippen LogP contribution < -0.4 is 5.32 Å². The van der Waals surface area contributed by atoms with Crippen molar-refractivity contribution >= 4 is 17.7 Å². The smallest absolute Gasteiger partial charge is 0.254 e. The molecule has 2 rings (SSSR count). The first kappa shape index (κ1) is 22.9. The van der Waals surface area contributed by atoms with Gasteiger partial charge in [-0.05, 0) is 46.2 Å². The lowest BCUT2D eigenvalue weighted by molar-refractivity contribution is -0.133. The highest BCUT2D eigenvalue weighted by Crippen LogP contribution is 2.13. The van der Waals surface area contributed by atoms with E-state index in [1.807, 2.05) is 52.8 Å². The Bertz CT molecular complexity index is 762. The van der Waals surface area contributed by atoms with Gasteiger partial charge in [0, 0.05) is 44.3 Å². The van der Waals surface area contributed by atoms with Crippen molar-refractivity contribution < 1.29 is 14.4 Å². The van der Waals surface area contributed by atoms with Crippen molar-refractivity contribution in [3.63, 3.8) is 0 Å². The fraction of sp³-hybridized carbons (Fsp3) is 0.591. The maximum Gasteiger partial charge on any atom is 0.254 e. The lowest BCUT2D eigenvalue weighted by Crippen LogP contribution is -2.54. The van der Waals surface area contributed by atoms with Gasteiger partial charge in [0.15, 0.2) is 0 Å². The van der Waals surface area contributed by atoms with Crippen LogP contribution in [0.25, 0.3) is 0 Å². The maximum atomic E-state index is 12.7. The Balaban J connectivity index is 1.84. The van der Waals surface area contributed by atoms with E-state index in [2.05, 4.69) is 10.2 Å². The Labute approximate surface area is 174 Å². The van der Waals surface area contributed by atoms with Crippen molar-refractivity contribution in [2.24, 2.45) is 0 Å². The number of hydrogen-bond donors (Lipinski definition) is 1. The first-order valence-electron chi connectivity index (χ1n) is 10.1. The molecule has 1 aromatic rings. The largest absolute Gasteiger partial charge is 0.350 e. The van der Waals surface area contributed by atoms with Gasteiger partial charge in [0.1, 0.15) is 0 Å². The molecule has 0 aliphatic carbocycles. The predicted molar refractivity (Wildman–Crippen MR) is 114 cm³/mol. The van der Waals surface area contributed by atoms with Crippen molar-refractivity contribution in [2.75, 3.05) is 46.3 Å². The van der Waals surface area contributed by atoms with Crippen LogP contribution >= 0.6 is 0 Å². The topological polar surface area (TPSA) is 73.0 Å². The molecule has 1 saturated heterocycles. The minimum Gasteiger partial charge on any atom is -0.350 e. The zero-order valence-electron chi connectivity index (χ0n) is 18.5. The zero-order chi connectivity index (χ0) is 21.8. The number of nitrogens with zero attached hydrogens (tertiary/aromatic N) is 3. The van der Waals surface area contributed by atoms with Gasteiger partial charge < -0.3 is 15.1 Å². The standard InChI is InChI=1S/C22H34N4O3/c1-16-7-8-17(2)18(13-16)21(29)24(6)15-20(28)26-11-9-25(10-12-26)14-19(27)23-22(3,4)5/h7-8,13H,9-12,14-15H2,1-6H3,(H,23,27). The number of carbonyl (C=O) groups excluding carboxylic acids is 3. The summed E-state index contributed by atoms with van der Waals surface area (Å²) in [5.74, 6) is -0.210. The Kier molecular flexibility index (Phi) is 7.41. The van der Waals surface area contributed by atoms with Crippen LogP contribution in [0.2, 0.25) is 0 Å². The first-order valence-corrected chi connectivity index (χ1v) is 10.1. The third kappa shape index (κ3) is 6.85. The van der Waals surface area contributed by atoms with Gasteiger partial charge in [-0.2, -0.15) is 0 Å². The molecule has 0 saturated carbocycles. The van der Waals surface area contributed by atoms with Crippen LogP contribution in [0.15, 0.2) is 18.2 Å². The number of benzene rings is 1. The number of carbonyl (C=O) groups is 3. The van der Waals surface area contributed by atoms with Crippen LogP contribution in [0.5, 0.6) is 0 Å². The number of piperazine rings is 1. The number of aryl methyl sites for hydroxylation is 2. The van der Waals surface area contributed by atoms with Crippen LogP contribution in [-0.2, 0) is 9.59 Å². The third-order valence-corrected chi connectivity index (χ3v) is 4.95. The van der Waals surface area contributed by atoms with Crippen LogP contribution in [0.3, 0.4) is 0 Å². The van der Waals surface area contributed by atoms with Crippen molar-refractivity contribution in [1.29, 1.82) is 0 Å². The van der Waals surface area contributed by atoms with Crippen LogP contribution in [0.1, 0.15) is 42.3 Å². The molecule has 7 heteroatoms. The lowest BCUT2D eigenvalue weighted by atomic mass is 10.0. The van der Waals surface area contributed by atoms with Gasteiger partial charge >= 0.3 is 0 Å². The molecule has 1 heterocycles. The van der Waals surface area contributed by atoms with Gasteiger partial charge in [0.05, 0.1) is 13.1 Å². The normalized spacial score (nSPS) is 15.2. The molecule has 1 fully saturated rings. The minimum absolute atomic E-state index is 0.00358. The van der Waals surface area contributed by atoms with Crippen LogP contribution in [-0.4, -0.2) is 84.3 Å². The van der Waals surface area contributed by atoms with E-state index in [9.17, 15) is 14.4 Å². The number of hydrogen-bond acceptors (Lipinski definition) is 4. The average Bonchev–Trinajstić information content (AvgIpc) is 2.62. The van der Waals surface area contributed by atoms with E-state index in [0.717, 1.165) is 11.1 Å². The SMILES string of the molecule is Cc1ccc(C)c(C(=O)N(C)CC(=O)N2CCN(CC(=O)NC(C)(C)C)CC2)c1. The highest BCUT2D eigenvalue weighted by atomic mass is 16.2. The van der Waals surface area contributed by atoms with E-state index in [0.29, 0.717) is 38.3 Å². The molecular formula is C22H34N4O3. The van der Waals surface area contributed by atoms with E-state index in [-0.39, 0.29) is 29.8 Å². The molecule has 0 radical (unpaired) electrons. The summed E-state index contributed by atoms with van der Waals surface area (Å²) in [7, 11) is 1.66. The van der Waals surface area contributed by atoms with E-state index < -0.39 is 0 Å². The van der Waals surface area contributed by atoms with Crippen molar-refractivity contribution in [1.82, 2.24) is 20.0 Å². The summed E-state index contributed by atoms with van der Waals surface area (Å²) >= 11 is 0. The summed E-state index contributed by atoms with van der Waals surface area (Å²) < 4.78 is 0. The van der Waals surface area contributed by atoms with E-state index in [1.165, 1.54) is 4.90 Å². The summed E-state index contributed by atoms with van der Waals surface area (Å²) in [4.78, 5) is 42.7.